The van der Waals surface area contributed by atoms with Gasteiger partial charge in [-0.3, -0.25) is 14.4 Å². The molecule has 0 aliphatic carbocycles. The minimum Gasteiger partial charge on any atom is -0.469 e. The molecule has 0 spiro atoms. The van der Waals surface area contributed by atoms with Gasteiger partial charge in [0.2, 0.25) is 18.1 Å². The number of nitrogens with one attached hydrogen (secondary N) is 3. The molecule has 1 aromatic rings. The summed E-state index contributed by atoms with van der Waals surface area (Å²) in [5.41, 5.74) is 0. The number of ether oxygens (including phenoxy) is 6. The van der Waals surface area contributed by atoms with E-state index in [1.165, 1.54) is 26.2 Å². The molecule has 46 heavy (non-hydrogen) atoms. The van der Waals surface area contributed by atoms with E-state index in [0.717, 1.165) is 26.4 Å². The Bertz CT molecular complexity index is 1330. The average molecular weight is 698 g/mol. The fourth-order valence-electron chi connectivity index (χ4n) is 4.10. The third kappa shape index (κ3) is 11.0. The van der Waals surface area contributed by atoms with Crippen LogP contribution >= 0.6 is 11.6 Å². The molecule has 1 aliphatic heterocycles. The van der Waals surface area contributed by atoms with E-state index in [1.807, 2.05) is 0 Å². The van der Waals surface area contributed by atoms with Crippen molar-refractivity contribution in [3.05, 3.63) is 29.3 Å². The summed E-state index contributed by atoms with van der Waals surface area (Å²) in [7, 11) is -1.07. The summed E-state index contributed by atoms with van der Waals surface area (Å²) in [6, 6.07) is 1.87. The van der Waals surface area contributed by atoms with Gasteiger partial charge >= 0.3 is 18.0 Å². The van der Waals surface area contributed by atoms with Gasteiger partial charge in [-0.05, 0) is 37.6 Å². The van der Waals surface area contributed by atoms with Gasteiger partial charge in [-0.2, -0.15) is 0 Å². The van der Waals surface area contributed by atoms with Crippen molar-refractivity contribution < 1.29 is 71.0 Å². The number of hydrogen-bond donors (Lipinski definition) is 5. The summed E-state index contributed by atoms with van der Waals surface area (Å²) < 4.78 is 57.3. The van der Waals surface area contributed by atoms with Crippen LogP contribution in [0.5, 0.6) is 0 Å². The molecule has 1 aliphatic rings. The molecule has 1 saturated heterocycles. The summed E-state index contributed by atoms with van der Waals surface area (Å²) in [4.78, 5) is 61.7. The van der Waals surface area contributed by atoms with E-state index in [-0.39, 0.29) is 22.8 Å². The number of carbonyl (C=O) groups is 5. The van der Waals surface area contributed by atoms with Crippen LogP contribution in [0.4, 0.5) is 4.79 Å². The number of rotatable bonds is 15. The van der Waals surface area contributed by atoms with Crippen molar-refractivity contribution in [3.63, 3.8) is 0 Å². The molecule has 1 fully saturated rings. The van der Waals surface area contributed by atoms with Crippen LogP contribution in [-0.4, -0.2) is 126 Å². The number of hydrogen-bond acceptors (Lipinski definition) is 15. The highest BCUT2D eigenvalue weighted by molar-refractivity contribution is 7.90. The standard InChI is InChI=1S/C26H36ClN3O15S/c1-13(23(35)28-16(24(36)42-4)9-10-19(33)41-3)43-22-20(29-18(32)12-40-2)25(44-17(11-31)21(22)34)45-26(37)30-46(38,39)15-7-5-14(27)6-8-15/h5-8,13,16-17,20-22,25,31,34H,9-12H2,1-4H3,(H,28,35)(H,29,32)(H,30,37)/t13-,16?,17-,20-,21-,22-,25?/m1/s1. The molecule has 258 valence electrons. The average Bonchev–Trinajstić information content (AvgIpc) is 3.01. The Morgan fingerprint density at radius 3 is 2.28 bits per heavy atom. The zero-order valence-corrected chi connectivity index (χ0v) is 26.7. The van der Waals surface area contributed by atoms with Crippen LogP contribution in [-0.2, 0) is 57.6 Å². The molecule has 20 heteroatoms. The fourth-order valence-corrected chi connectivity index (χ4v) is 5.10. The van der Waals surface area contributed by atoms with Crippen LogP contribution in [0.3, 0.4) is 0 Å². The van der Waals surface area contributed by atoms with Crippen LogP contribution in [0.2, 0.25) is 5.02 Å². The third-order valence-corrected chi connectivity index (χ3v) is 8.00. The smallest absolute Gasteiger partial charge is 0.423 e. The first-order valence-electron chi connectivity index (χ1n) is 13.5. The van der Waals surface area contributed by atoms with Crippen molar-refractivity contribution in [1.29, 1.82) is 0 Å². The van der Waals surface area contributed by atoms with E-state index >= 15 is 0 Å². The lowest BCUT2D eigenvalue weighted by Gasteiger charge is -2.44. The van der Waals surface area contributed by atoms with Gasteiger partial charge in [0.25, 0.3) is 10.0 Å². The highest BCUT2D eigenvalue weighted by atomic mass is 35.5. The van der Waals surface area contributed by atoms with Crippen molar-refractivity contribution >= 4 is 51.5 Å². The van der Waals surface area contributed by atoms with Gasteiger partial charge in [0.05, 0.1) is 25.7 Å². The zero-order valence-electron chi connectivity index (χ0n) is 25.2. The second-order valence-corrected chi connectivity index (χ2v) is 11.8. The summed E-state index contributed by atoms with van der Waals surface area (Å²) in [6.45, 7) is -0.179. The van der Waals surface area contributed by atoms with Crippen molar-refractivity contribution in [2.75, 3.05) is 34.5 Å². The zero-order chi connectivity index (χ0) is 34.6. The van der Waals surface area contributed by atoms with Gasteiger partial charge < -0.3 is 49.3 Å². The van der Waals surface area contributed by atoms with Gasteiger partial charge in [-0.15, -0.1) is 0 Å². The van der Waals surface area contributed by atoms with Crippen LogP contribution in [0, 0.1) is 0 Å². The first kappa shape index (κ1) is 38.6. The number of amides is 3. The van der Waals surface area contributed by atoms with E-state index < -0.39 is 95.9 Å². The second-order valence-electron chi connectivity index (χ2n) is 9.65. The van der Waals surface area contributed by atoms with Crippen LogP contribution < -0.4 is 15.4 Å². The molecular weight excluding hydrogens is 662 g/mol. The first-order valence-corrected chi connectivity index (χ1v) is 15.4. The summed E-state index contributed by atoms with van der Waals surface area (Å²) in [6.07, 6.45) is -10.3. The quantitative estimate of drug-likeness (QED) is 0.102. The molecule has 1 aromatic carbocycles. The molecule has 7 atom stereocenters. The van der Waals surface area contributed by atoms with E-state index in [9.17, 15) is 42.6 Å². The highest BCUT2D eigenvalue weighted by Gasteiger charge is 2.49. The monoisotopic (exact) mass is 697 g/mol. The molecule has 1 heterocycles. The van der Waals surface area contributed by atoms with Gasteiger partial charge in [0.1, 0.15) is 43.1 Å². The van der Waals surface area contributed by atoms with E-state index in [4.69, 9.17) is 30.5 Å². The van der Waals surface area contributed by atoms with Crippen LogP contribution in [0.15, 0.2) is 29.2 Å². The largest absolute Gasteiger partial charge is 0.469 e. The Kier molecular flexibility index (Phi) is 15.0. The normalized spacial score (nSPS) is 22.5. The molecule has 2 rings (SSSR count). The summed E-state index contributed by atoms with van der Waals surface area (Å²) >= 11 is 5.78. The van der Waals surface area contributed by atoms with Gasteiger partial charge in [0.15, 0.2) is 0 Å². The van der Waals surface area contributed by atoms with Crippen molar-refractivity contribution in [2.45, 2.75) is 67.5 Å². The minimum atomic E-state index is -4.48. The minimum absolute atomic E-state index is 0.191. The SMILES string of the molecule is COCC(=O)N[C@H]1C(OC(=O)NS(=O)(=O)c2ccc(Cl)cc2)O[C@H](CO)[C@@H](O)[C@@H]1O[C@H](C)C(=O)NC(CCC(=O)OC)C(=O)OC. The molecular formula is C26H36ClN3O15S. The van der Waals surface area contributed by atoms with Crippen LogP contribution in [0.25, 0.3) is 0 Å². The van der Waals surface area contributed by atoms with Crippen molar-refractivity contribution in [2.24, 2.45) is 0 Å². The van der Waals surface area contributed by atoms with Crippen molar-refractivity contribution in [1.82, 2.24) is 15.4 Å². The Balaban J connectivity index is 2.31. The Hall–Kier alpha value is -3.59. The summed E-state index contributed by atoms with van der Waals surface area (Å²) in [5, 5.41) is 25.7. The summed E-state index contributed by atoms with van der Waals surface area (Å²) in [5.74, 6) is -3.29. The topological polar surface area (TPSA) is 251 Å². The lowest BCUT2D eigenvalue weighted by atomic mass is 9.96. The molecule has 18 nitrogen and oxygen atoms in total. The maximum atomic E-state index is 13.0. The number of benzene rings is 1. The Morgan fingerprint density at radius 1 is 1.07 bits per heavy atom. The molecule has 0 radical (unpaired) electrons. The fraction of sp³-hybridized carbons (Fsp3) is 0.577. The van der Waals surface area contributed by atoms with Crippen molar-refractivity contribution in [3.8, 4) is 0 Å². The number of methoxy groups -OCH3 is 3. The number of carbonyl (C=O) groups excluding carboxylic acids is 5. The number of aliphatic hydroxyl groups is 2. The number of esters is 2. The number of sulfonamides is 1. The Labute approximate surface area is 269 Å². The maximum absolute atomic E-state index is 13.0. The molecule has 0 bridgehead atoms. The highest BCUT2D eigenvalue weighted by Crippen LogP contribution is 2.26. The van der Waals surface area contributed by atoms with Gasteiger partial charge in [-0.1, -0.05) is 11.6 Å². The number of aliphatic hydroxyl groups excluding tert-OH is 2. The predicted octanol–water partition coefficient (Wildman–Crippen LogP) is -1.65. The van der Waals surface area contributed by atoms with E-state index in [1.54, 1.807) is 4.72 Å². The molecule has 2 unspecified atom stereocenters. The first-order chi connectivity index (χ1) is 21.7. The van der Waals surface area contributed by atoms with Gasteiger partial charge in [-0.25, -0.2) is 22.7 Å². The lowest BCUT2D eigenvalue weighted by molar-refractivity contribution is -0.265. The number of halogens is 1. The Morgan fingerprint density at radius 2 is 1.72 bits per heavy atom. The molecule has 5 N–H and O–H groups in total. The maximum Gasteiger partial charge on any atom is 0.423 e. The van der Waals surface area contributed by atoms with Gasteiger partial charge in [0, 0.05) is 18.6 Å². The lowest BCUT2D eigenvalue weighted by Crippen LogP contribution is -2.67. The van der Waals surface area contributed by atoms with E-state index in [0.29, 0.717) is 0 Å². The molecule has 0 saturated carbocycles. The predicted molar refractivity (Wildman–Crippen MR) is 153 cm³/mol. The van der Waals surface area contributed by atoms with E-state index in [2.05, 4.69) is 20.1 Å². The molecule has 0 aromatic heterocycles. The second kappa shape index (κ2) is 17.9. The molecule has 3 amide bonds. The third-order valence-electron chi connectivity index (χ3n) is 6.42. The van der Waals surface area contributed by atoms with Crippen LogP contribution in [0.1, 0.15) is 19.8 Å².